The van der Waals surface area contributed by atoms with Crippen molar-refractivity contribution in [1.82, 2.24) is 15.2 Å². The van der Waals surface area contributed by atoms with Gasteiger partial charge >= 0.3 is 11.8 Å². The van der Waals surface area contributed by atoms with Crippen LogP contribution in [-0.4, -0.2) is 33.8 Å². The predicted molar refractivity (Wildman–Crippen MR) is 75.7 cm³/mol. The Hall–Kier alpha value is -1.91. The molecule has 0 bridgehead atoms. The van der Waals surface area contributed by atoms with Gasteiger partial charge in [-0.05, 0) is 44.7 Å². The zero-order valence-corrected chi connectivity index (χ0v) is 12.0. The maximum atomic E-state index is 12.2. The molecule has 1 aliphatic rings. The summed E-state index contributed by atoms with van der Waals surface area (Å²) >= 11 is 0. The molecule has 1 fully saturated rings. The first-order chi connectivity index (χ1) is 9.59. The van der Waals surface area contributed by atoms with Gasteiger partial charge in [-0.2, -0.15) is 0 Å². The van der Waals surface area contributed by atoms with Crippen molar-refractivity contribution in [2.45, 2.75) is 51.7 Å². The SMILES string of the molecule is CC1CCCC(C)N1C(=O)C(=O)NCc1cccnc1. The minimum Gasteiger partial charge on any atom is -0.344 e. The molecule has 0 spiro atoms. The Morgan fingerprint density at radius 2 is 2.05 bits per heavy atom. The standard InChI is InChI=1S/C15H21N3O2/c1-11-5-3-6-12(2)18(11)15(20)14(19)17-10-13-7-4-8-16-9-13/h4,7-9,11-12H,3,5-6,10H2,1-2H3,(H,17,19). The molecule has 2 amide bonds. The quantitative estimate of drug-likeness (QED) is 0.832. The van der Waals surface area contributed by atoms with Gasteiger partial charge in [-0.25, -0.2) is 0 Å². The Labute approximate surface area is 119 Å². The van der Waals surface area contributed by atoms with E-state index in [2.05, 4.69) is 10.3 Å². The van der Waals surface area contributed by atoms with Crippen molar-refractivity contribution in [3.05, 3.63) is 30.1 Å². The van der Waals surface area contributed by atoms with E-state index >= 15 is 0 Å². The molecule has 2 atom stereocenters. The summed E-state index contributed by atoms with van der Waals surface area (Å²) in [6, 6.07) is 3.94. The van der Waals surface area contributed by atoms with Gasteiger partial charge in [0.05, 0.1) is 0 Å². The zero-order valence-electron chi connectivity index (χ0n) is 12.0. The molecule has 2 heterocycles. The average molecular weight is 275 g/mol. The van der Waals surface area contributed by atoms with Gasteiger partial charge in [-0.1, -0.05) is 6.07 Å². The first kappa shape index (κ1) is 14.5. The minimum atomic E-state index is -0.533. The van der Waals surface area contributed by atoms with Crippen LogP contribution in [-0.2, 0) is 16.1 Å². The molecule has 2 rings (SSSR count). The van der Waals surface area contributed by atoms with Crippen molar-refractivity contribution in [3.63, 3.8) is 0 Å². The molecule has 1 aromatic rings. The number of amides is 2. The molecule has 0 saturated carbocycles. The molecule has 20 heavy (non-hydrogen) atoms. The van der Waals surface area contributed by atoms with Gasteiger partial charge < -0.3 is 10.2 Å². The second kappa shape index (κ2) is 6.50. The maximum absolute atomic E-state index is 12.2. The van der Waals surface area contributed by atoms with Crippen molar-refractivity contribution in [3.8, 4) is 0 Å². The number of nitrogens with one attached hydrogen (secondary N) is 1. The van der Waals surface area contributed by atoms with Crippen molar-refractivity contribution >= 4 is 11.8 Å². The number of hydrogen-bond acceptors (Lipinski definition) is 3. The van der Waals surface area contributed by atoms with Gasteiger partial charge in [0.25, 0.3) is 0 Å². The highest BCUT2D eigenvalue weighted by Crippen LogP contribution is 2.22. The fourth-order valence-electron chi connectivity index (χ4n) is 2.70. The van der Waals surface area contributed by atoms with Crippen LogP contribution in [0.1, 0.15) is 38.7 Å². The lowest BCUT2D eigenvalue weighted by atomic mass is 9.97. The Bertz CT molecular complexity index is 465. The summed E-state index contributed by atoms with van der Waals surface area (Å²) in [5, 5.41) is 2.67. The largest absolute Gasteiger partial charge is 0.344 e. The molecule has 5 heteroatoms. The Morgan fingerprint density at radius 3 is 2.65 bits per heavy atom. The van der Waals surface area contributed by atoms with Crippen LogP contribution in [0.2, 0.25) is 0 Å². The zero-order chi connectivity index (χ0) is 14.5. The van der Waals surface area contributed by atoms with Crippen LogP contribution in [0.5, 0.6) is 0 Å². The molecule has 1 aromatic heterocycles. The van der Waals surface area contributed by atoms with Gasteiger partial charge in [0.1, 0.15) is 0 Å². The number of likely N-dealkylation sites (tertiary alicyclic amines) is 1. The lowest BCUT2D eigenvalue weighted by molar-refractivity contribution is -0.150. The van der Waals surface area contributed by atoms with E-state index in [0.717, 1.165) is 24.8 Å². The van der Waals surface area contributed by atoms with Crippen LogP contribution >= 0.6 is 0 Å². The highest BCUT2D eigenvalue weighted by Gasteiger charge is 2.32. The molecule has 1 saturated heterocycles. The Morgan fingerprint density at radius 1 is 1.35 bits per heavy atom. The fraction of sp³-hybridized carbons (Fsp3) is 0.533. The molecule has 1 N–H and O–H groups in total. The van der Waals surface area contributed by atoms with Crippen molar-refractivity contribution in [2.75, 3.05) is 0 Å². The first-order valence-corrected chi connectivity index (χ1v) is 7.09. The third-order valence-electron chi connectivity index (χ3n) is 3.80. The monoisotopic (exact) mass is 275 g/mol. The highest BCUT2D eigenvalue weighted by atomic mass is 16.2. The molecule has 108 valence electrons. The van der Waals surface area contributed by atoms with E-state index in [9.17, 15) is 9.59 Å². The van der Waals surface area contributed by atoms with E-state index in [0.29, 0.717) is 6.54 Å². The summed E-state index contributed by atoms with van der Waals surface area (Å²) in [5.41, 5.74) is 0.883. The minimum absolute atomic E-state index is 0.135. The second-order valence-electron chi connectivity index (χ2n) is 5.39. The van der Waals surface area contributed by atoms with Crippen molar-refractivity contribution in [1.29, 1.82) is 0 Å². The van der Waals surface area contributed by atoms with Crippen molar-refractivity contribution in [2.24, 2.45) is 0 Å². The number of carbonyl (C=O) groups excluding carboxylic acids is 2. The highest BCUT2D eigenvalue weighted by molar-refractivity contribution is 6.35. The number of hydrogen-bond donors (Lipinski definition) is 1. The van der Waals surface area contributed by atoms with Crippen molar-refractivity contribution < 1.29 is 9.59 Å². The summed E-state index contributed by atoms with van der Waals surface area (Å²) in [7, 11) is 0. The number of carbonyl (C=O) groups is 2. The predicted octanol–water partition coefficient (Wildman–Crippen LogP) is 1.49. The van der Waals surface area contributed by atoms with Gasteiger partial charge in [0, 0.05) is 31.0 Å². The van der Waals surface area contributed by atoms with E-state index in [1.165, 1.54) is 0 Å². The third-order valence-corrected chi connectivity index (χ3v) is 3.80. The molecule has 0 aliphatic carbocycles. The Balaban J connectivity index is 1.93. The maximum Gasteiger partial charge on any atom is 0.312 e. The van der Waals surface area contributed by atoms with Gasteiger partial charge in [-0.15, -0.1) is 0 Å². The molecule has 1 aliphatic heterocycles. The topological polar surface area (TPSA) is 62.3 Å². The third kappa shape index (κ3) is 3.35. The van der Waals surface area contributed by atoms with E-state index in [-0.39, 0.29) is 12.1 Å². The van der Waals surface area contributed by atoms with Gasteiger partial charge in [-0.3, -0.25) is 14.6 Å². The van der Waals surface area contributed by atoms with Crippen LogP contribution in [0, 0.1) is 0 Å². The lowest BCUT2D eigenvalue weighted by Gasteiger charge is -2.38. The molecule has 0 aromatic carbocycles. The summed E-state index contributed by atoms with van der Waals surface area (Å²) in [4.78, 5) is 29.9. The normalized spacial score (nSPS) is 22.4. The Kier molecular flexibility index (Phi) is 4.71. The fourth-order valence-corrected chi connectivity index (χ4v) is 2.70. The second-order valence-corrected chi connectivity index (χ2v) is 5.39. The van der Waals surface area contributed by atoms with E-state index in [4.69, 9.17) is 0 Å². The van der Waals surface area contributed by atoms with E-state index in [1.807, 2.05) is 19.9 Å². The number of piperidine rings is 1. The molecule has 0 radical (unpaired) electrons. The molecular formula is C15H21N3O2. The number of nitrogens with zero attached hydrogens (tertiary/aromatic N) is 2. The van der Waals surface area contributed by atoms with Crippen LogP contribution in [0.15, 0.2) is 24.5 Å². The summed E-state index contributed by atoms with van der Waals surface area (Å²) in [6.07, 6.45) is 6.39. The average Bonchev–Trinajstić information content (AvgIpc) is 2.45. The summed E-state index contributed by atoms with van der Waals surface area (Å²) < 4.78 is 0. The number of aromatic nitrogens is 1. The van der Waals surface area contributed by atoms with Crippen LogP contribution < -0.4 is 5.32 Å². The van der Waals surface area contributed by atoms with E-state index in [1.54, 1.807) is 23.4 Å². The first-order valence-electron chi connectivity index (χ1n) is 7.09. The smallest absolute Gasteiger partial charge is 0.312 e. The summed E-state index contributed by atoms with van der Waals surface area (Å²) in [6.45, 7) is 4.33. The number of rotatable bonds is 2. The van der Waals surface area contributed by atoms with Crippen LogP contribution in [0.3, 0.4) is 0 Å². The lowest BCUT2D eigenvalue weighted by Crippen LogP contribution is -2.52. The van der Waals surface area contributed by atoms with Gasteiger partial charge in [0.2, 0.25) is 0 Å². The summed E-state index contributed by atoms with van der Waals surface area (Å²) in [5.74, 6) is -0.956. The van der Waals surface area contributed by atoms with E-state index < -0.39 is 11.8 Å². The molecule has 2 unspecified atom stereocenters. The number of pyridine rings is 1. The molecular weight excluding hydrogens is 254 g/mol. The van der Waals surface area contributed by atoms with Crippen LogP contribution in [0.4, 0.5) is 0 Å². The van der Waals surface area contributed by atoms with Crippen LogP contribution in [0.25, 0.3) is 0 Å². The molecule has 5 nitrogen and oxygen atoms in total. The van der Waals surface area contributed by atoms with Gasteiger partial charge in [0.15, 0.2) is 0 Å².